The van der Waals surface area contributed by atoms with Crippen molar-refractivity contribution in [3.63, 3.8) is 0 Å². The predicted molar refractivity (Wildman–Crippen MR) is 131 cm³/mol. The molecule has 3 fully saturated rings. The number of likely N-dealkylation sites (tertiary alicyclic amines) is 1. The highest BCUT2D eigenvalue weighted by Gasteiger charge is 2.66. The molecule has 204 valence electrons. The molecular formula is C28H26F3N3O5. The van der Waals surface area contributed by atoms with Crippen molar-refractivity contribution < 1.29 is 37.4 Å². The Labute approximate surface area is 221 Å². The van der Waals surface area contributed by atoms with Crippen molar-refractivity contribution in [2.24, 2.45) is 29.4 Å². The Hall–Kier alpha value is -3.70. The number of urea groups is 1. The molecule has 8 nitrogen and oxygen atoms in total. The Morgan fingerprint density at radius 1 is 1.00 bits per heavy atom. The highest BCUT2D eigenvalue weighted by molar-refractivity contribution is 6.17. The number of carbonyl (C=O) groups excluding carboxylic acids is 3. The van der Waals surface area contributed by atoms with E-state index >= 15 is 0 Å². The molecule has 2 saturated heterocycles. The molecule has 1 saturated carbocycles. The number of nitrogens with zero attached hydrogens (tertiary/aromatic N) is 2. The second kappa shape index (κ2) is 9.20. The second-order valence-electron chi connectivity index (χ2n) is 10.6. The van der Waals surface area contributed by atoms with Crippen molar-refractivity contribution in [3.8, 4) is 5.75 Å². The van der Waals surface area contributed by atoms with Gasteiger partial charge in [0.2, 0.25) is 11.8 Å². The number of carbonyl (C=O) groups is 3. The molecule has 3 N–H and O–H groups in total. The van der Waals surface area contributed by atoms with Crippen molar-refractivity contribution >= 4 is 23.4 Å². The van der Waals surface area contributed by atoms with Crippen LogP contribution in [0.5, 0.6) is 5.75 Å². The minimum Gasteiger partial charge on any atom is -0.406 e. The molecule has 5 unspecified atom stereocenters. The molecule has 3 heterocycles. The summed E-state index contributed by atoms with van der Waals surface area (Å²) >= 11 is 0. The van der Waals surface area contributed by atoms with Crippen LogP contribution in [-0.4, -0.2) is 51.2 Å². The minimum absolute atomic E-state index is 0.119. The molecule has 0 aromatic heterocycles. The van der Waals surface area contributed by atoms with Gasteiger partial charge in [0.1, 0.15) is 5.75 Å². The van der Waals surface area contributed by atoms with Crippen molar-refractivity contribution in [1.29, 1.82) is 0 Å². The highest BCUT2D eigenvalue weighted by Crippen LogP contribution is 2.58. The lowest BCUT2D eigenvalue weighted by Crippen LogP contribution is -2.62. The van der Waals surface area contributed by atoms with Crippen molar-refractivity contribution in [1.82, 2.24) is 9.80 Å². The van der Waals surface area contributed by atoms with E-state index in [1.807, 2.05) is 18.2 Å². The summed E-state index contributed by atoms with van der Waals surface area (Å²) in [6.45, 7) is 0.109. The Kier molecular flexibility index (Phi) is 6.03. The fraction of sp³-hybridized carbons (Fsp3) is 0.393. The summed E-state index contributed by atoms with van der Waals surface area (Å²) in [6.07, 6.45) is -1.05. The van der Waals surface area contributed by atoms with Gasteiger partial charge in [-0.05, 0) is 53.2 Å². The number of hydrogen-bond acceptors (Lipinski definition) is 6. The Morgan fingerprint density at radius 2 is 1.69 bits per heavy atom. The van der Waals surface area contributed by atoms with E-state index in [4.69, 9.17) is 5.73 Å². The molecule has 5 atom stereocenters. The average molecular weight is 542 g/mol. The number of hydrogen-bond donors (Lipinski definition) is 2. The van der Waals surface area contributed by atoms with E-state index in [1.165, 1.54) is 18.2 Å². The van der Waals surface area contributed by atoms with Gasteiger partial charge in [0.05, 0.1) is 18.4 Å². The van der Waals surface area contributed by atoms with E-state index in [2.05, 4.69) is 9.64 Å². The number of rotatable bonds is 6. The number of nitrogens with two attached hydrogens (primary N) is 1. The minimum atomic E-state index is -4.83. The Morgan fingerprint density at radius 3 is 2.31 bits per heavy atom. The van der Waals surface area contributed by atoms with Crippen LogP contribution in [0.4, 0.5) is 18.0 Å². The SMILES string of the molecule is NC(=O)N1C(=O)C2C(C1=O)C1C=C(c3ccc(CO)cc3)C2C(C2CC2)N1Cc1cccc(OC(F)(F)F)c1. The van der Waals surface area contributed by atoms with Gasteiger partial charge >= 0.3 is 12.4 Å². The summed E-state index contributed by atoms with van der Waals surface area (Å²) in [5, 5.41) is 9.47. The monoisotopic (exact) mass is 541 g/mol. The molecule has 0 spiro atoms. The summed E-state index contributed by atoms with van der Waals surface area (Å²) in [6, 6.07) is 11.2. The maximum absolute atomic E-state index is 13.5. The molecule has 0 radical (unpaired) electrons. The number of imide groups is 3. The second-order valence-corrected chi connectivity index (χ2v) is 10.6. The standard InChI is InChI=1S/C28H26F3N3O5/c29-28(30,31)39-18-3-1-2-15(10-18)12-33-20-11-19(16-6-4-14(13-35)5-7-16)21(24(33)17-8-9-17)23-22(20)25(36)34(26(23)37)27(32)38/h1-7,10-11,17,20-24,35H,8-9,12-13H2,(H2,32,38). The molecular weight excluding hydrogens is 515 g/mol. The molecule has 2 aromatic rings. The van der Waals surface area contributed by atoms with Crippen molar-refractivity contribution in [3.05, 3.63) is 71.3 Å². The Bertz CT molecular complexity index is 1370. The number of primary amides is 1. The van der Waals surface area contributed by atoms with Gasteiger partial charge in [-0.2, -0.15) is 4.90 Å². The van der Waals surface area contributed by atoms with Gasteiger partial charge in [0, 0.05) is 24.5 Å². The van der Waals surface area contributed by atoms with Crippen LogP contribution in [0.1, 0.15) is 29.5 Å². The number of alkyl halides is 3. The third-order valence-corrected chi connectivity index (χ3v) is 8.29. The molecule has 3 aliphatic heterocycles. The summed E-state index contributed by atoms with van der Waals surface area (Å²) < 4.78 is 42.6. The number of aliphatic hydroxyl groups is 1. The van der Waals surface area contributed by atoms with Crippen LogP contribution < -0.4 is 10.5 Å². The zero-order chi connectivity index (χ0) is 27.6. The molecule has 5 aliphatic rings. The summed E-state index contributed by atoms with van der Waals surface area (Å²) in [5.74, 6) is -3.39. The van der Waals surface area contributed by atoms with E-state index in [1.54, 1.807) is 18.2 Å². The fourth-order valence-corrected chi connectivity index (χ4v) is 6.72. The lowest BCUT2D eigenvalue weighted by molar-refractivity contribution is -0.274. The lowest BCUT2D eigenvalue weighted by Gasteiger charge is -2.55. The first-order valence-electron chi connectivity index (χ1n) is 12.8. The van der Waals surface area contributed by atoms with Gasteiger partial charge < -0.3 is 15.6 Å². The summed E-state index contributed by atoms with van der Waals surface area (Å²) in [5.41, 5.74) is 8.47. The molecule has 2 bridgehead atoms. The average Bonchev–Trinajstić information content (AvgIpc) is 3.68. The predicted octanol–water partition coefficient (Wildman–Crippen LogP) is 3.43. The van der Waals surface area contributed by atoms with Crippen LogP contribution >= 0.6 is 0 Å². The topological polar surface area (TPSA) is 113 Å². The zero-order valence-electron chi connectivity index (χ0n) is 20.7. The van der Waals surface area contributed by atoms with Crippen LogP contribution in [0.2, 0.25) is 0 Å². The van der Waals surface area contributed by atoms with E-state index in [0.29, 0.717) is 10.5 Å². The van der Waals surface area contributed by atoms with Crippen LogP contribution in [0.3, 0.4) is 0 Å². The maximum Gasteiger partial charge on any atom is 0.573 e. The molecule has 39 heavy (non-hydrogen) atoms. The number of aliphatic hydroxyl groups excluding tert-OH is 1. The Balaban J connectivity index is 1.43. The third-order valence-electron chi connectivity index (χ3n) is 8.29. The van der Waals surface area contributed by atoms with Gasteiger partial charge in [-0.1, -0.05) is 42.5 Å². The van der Waals surface area contributed by atoms with Gasteiger partial charge in [-0.15, -0.1) is 13.2 Å². The van der Waals surface area contributed by atoms with E-state index < -0.39 is 48.0 Å². The van der Waals surface area contributed by atoms with Crippen molar-refractivity contribution in [2.75, 3.05) is 0 Å². The molecule has 11 heteroatoms. The normalized spacial score (nSPS) is 28.5. The summed E-state index contributed by atoms with van der Waals surface area (Å²) in [7, 11) is 0. The lowest BCUT2D eigenvalue weighted by atomic mass is 9.60. The van der Waals surface area contributed by atoms with E-state index in [0.717, 1.165) is 29.5 Å². The number of benzene rings is 2. The first kappa shape index (κ1) is 25.6. The molecule has 4 amide bonds. The van der Waals surface area contributed by atoms with Gasteiger partial charge in [0.25, 0.3) is 0 Å². The van der Waals surface area contributed by atoms with Crippen LogP contribution in [-0.2, 0) is 22.7 Å². The quantitative estimate of drug-likeness (QED) is 0.542. The number of amides is 4. The highest BCUT2D eigenvalue weighted by atomic mass is 19.4. The summed E-state index contributed by atoms with van der Waals surface area (Å²) in [4.78, 5) is 41.6. The van der Waals surface area contributed by atoms with Gasteiger partial charge in [-0.3, -0.25) is 14.5 Å². The smallest absolute Gasteiger partial charge is 0.406 e. The van der Waals surface area contributed by atoms with Crippen LogP contribution in [0.15, 0.2) is 54.6 Å². The number of halogens is 3. The molecule has 7 rings (SSSR count). The first-order chi connectivity index (χ1) is 18.6. The molecule has 2 aromatic carbocycles. The molecule has 2 aliphatic carbocycles. The van der Waals surface area contributed by atoms with E-state index in [9.17, 15) is 32.7 Å². The third kappa shape index (κ3) is 4.39. The number of ether oxygens (including phenoxy) is 1. The largest absolute Gasteiger partial charge is 0.573 e. The number of fused-ring (bicyclic) bond motifs is 1. The van der Waals surface area contributed by atoms with Gasteiger partial charge in [0.15, 0.2) is 0 Å². The number of piperidine rings is 1. The van der Waals surface area contributed by atoms with Crippen LogP contribution in [0, 0.1) is 23.7 Å². The van der Waals surface area contributed by atoms with E-state index in [-0.39, 0.29) is 30.9 Å². The van der Waals surface area contributed by atoms with Crippen LogP contribution in [0.25, 0.3) is 5.57 Å². The van der Waals surface area contributed by atoms with Crippen molar-refractivity contribution in [2.45, 2.75) is 44.4 Å². The zero-order valence-corrected chi connectivity index (χ0v) is 20.7. The fourth-order valence-electron chi connectivity index (χ4n) is 6.72. The maximum atomic E-state index is 13.5. The van der Waals surface area contributed by atoms with Gasteiger partial charge in [-0.25, -0.2) is 4.79 Å². The first-order valence-corrected chi connectivity index (χ1v) is 12.8.